The Morgan fingerprint density at radius 2 is 0.476 bits per heavy atom. The minimum absolute atomic E-state index is 1.24. The lowest BCUT2D eigenvalue weighted by Gasteiger charge is -2.15. The second-order valence-electron chi connectivity index (χ2n) is 11.7. The minimum atomic E-state index is 1.24. The van der Waals surface area contributed by atoms with Crippen LogP contribution < -0.4 is 0 Å². The Morgan fingerprint density at radius 3 is 0.786 bits per heavy atom. The molecule has 0 N–H and O–H groups in total. The zero-order valence-corrected chi connectivity index (χ0v) is 24.7. The molecule has 0 amide bonds. The molecule has 0 saturated heterocycles. The summed E-state index contributed by atoms with van der Waals surface area (Å²) in [7, 11) is 0. The first-order valence-corrected chi connectivity index (χ1v) is 14.8. The highest BCUT2D eigenvalue weighted by Gasteiger charge is 2.12. The molecule has 7 aromatic carbocycles. The van der Waals surface area contributed by atoms with E-state index in [0.717, 1.165) is 0 Å². The van der Waals surface area contributed by atoms with Crippen LogP contribution in [0.4, 0.5) is 0 Å². The van der Waals surface area contributed by atoms with Gasteiger partial charge in [0.25, 0.3) is 0 Å². The first kappa shape index (κ1) is 26.0. The van der Waals surface area contributed by atoms with Crippen LogP contribution >= 0.6 is 0 Å². The molecule has 0 aromatic heterocycles. The number of aryl methyl sites for hydroxylation is 4. The highest BCUT2D eigenvalue weighted by molar-refractivity contribution is 6.07. The molecule has 0 aliphatic heterocycles. The van der Waals surface area contributed by atoms with Gasteiger partial charge in [0.1, 0.15) is 0 Å². The quantitative estimate of drug-likeness (QED) is 0.196. The first-order chi connectivity index (χ1) is 20.4. The van der Waals surface area contributed by atoms with Crippen molar-refractivity contribution >= 4 is 21.5 Å². The highest BCUT2D eigenvalue weighted by Crippen LogP contribution is 2.37. The predicted molar refractivity (Wildman–Crippen MR) is 182 cm³/mol. The van der Waals surface area contributed by atoms with Crippen LogP contribution in [0.25, 0.3) is 66.1 Å². The van der Waals surface area contributed by atoms with Crippen molar-refractivity contribution in [3.63, 3.8) is 0 Å². The van der Waals surface area contributed by atoms with E-state index in [1.807, 2.05) is 0 Å². The lowest BCUT2D eigenvalue weighted by molar-refractivity contribution is 1.47. The Morgan fingerprint density at radius 1 is 0.238 bits per heavy atom. The van der Waals surface area contributed by atoms with Gasteiger partial charge in [0, 0.05) is 0 Å². The van der Waals surface area contributed by atoms with Gasteiger partial charge in [0.05, 0.1) is 0 Å². The summed E-state index contributed by atoms with van der Waals surface area (Å²) < 4.78 is 0. The number of hydrogen-bond acceptors (Lipinski definition) is 0. The SMILES string of the molecule is Cc1ccc(-c2ccc(-c3ccc4c(C)c5cc(-c6ccc(-c7ccc(C)cc7)cc6)ccc5c(C)c4c3)cc2)cc1. The normalized spacial score (nSPS) is 11.3. The van der Waals surface area contributed by atoms with E-state index in [4.69, 9.17) is 0 Å². The lowest BCUT2D eigenvalue weighted by Crippen LogP contribution is -1.90. The van der Waals surface area contributed by atoms with Crippen molar-refractivity contribution in [1.82, 2.24) is 0 Å². The minimum Gasteiger partial charge on any atom is -0.0587 e. The molecule has 42 heavy (non-hydrogen) atoms. The molecule has 0 spiro atoms. The van der Waals surface area contributed by atoms with Crippen LogP contribution in [0.3, 0.4) is 0 Å². The Bertz CT molecular complexity index is 1900. The molecule has 0 bridgehead atoms. The Kier molecular flexibility index (Phi) is 6.48. The van der Waals surface area contributed by atoms with E-state index in [1.165, 1.54) is 88.3 Å². The summed E-state index contributed by atoms with van der Waals surface area (Å²) in [5.41, 5.74) is 15.3. The van der Waals surface area contributed by atoms with E-state index >= 15 is 0 Å². The average Bonchev–Trinajstić information content (AvgIpc) is 3.04. The molecule has 202 valence electrons. The standard InChI is InChI=1S/C42H34/c1-27-5-9-31(10-6-27)33-13-17-35(18-14-33)37-21-23-39-30(4)42-26-38(22-24-40(42)29(3)41(39)25-37)36-19-15-34(16-20-36)32-11-7-28(2)8-12-32/h5-26H,1-4H3. The van der Waals surface area contributed by atoms with E-state index in [1.54, 1.807) is 0 Å². The van der Waals surface area contributed by atoms with Crippen molar-refractivity contribution in [1.29, 1.82) is 0 Å². The van der Waals surface area contributed by atoms with Gasteiger partial charge in [-0.05, 0) is 117 Å². The van der Waals surface area contributed by atoms with Gasteiger partial charge >= 0.3 is 0 Å². The van der Waals surface area contributed by atoms with Gasteiger partial charge in [-0.15, -0.1) is 0 Å². The molecule has 0 aliphatic rings. The van der Waals surface area contributed by atoms with Gasteiger partial charge in [-0.25, -0.2) is 0 Å². The zero-order chi connectivity index (χ0) is 28.8. The highest BCUT2D eigenvalue weighted by atomic mass is 14.2. The Balaban J connectivity index is 1.23. The monoisotopic (exact) mass is 538 g/mol. The van der Waals surface area contributed by atoms with Crippen LogP contribution in [-0.2, 0) is 0 Å². The maximum absolute atomic E-state index is 2.37. The second kappa shape index (κ2) is 10.5. The van der Waals surface area contributed by atoms with Gasteiger partial charge in [-0.2, -0.15) is 0 Å². The molecule has 0 heteroatoms. The van der Waals surface area contributed by atoms with Crippen LogP contribution in [0.5, 0.6) is 0 Å². The maximum atomic E-state index is 2.37. The Labute approximate surface area is 248 Å². The largest absolute Gasteiger partial charge is 0.0587 e. The summed E-state index contributed by atoms with van der Waals surface area (Å²) in [4.78, 5) is 0. The third-order valence-corrected chi connectivity index (χ3v) is 8.86. The molecule has 0 aliphatic carbocycles. The molecular weight excluding hydrogens is 504 g/mol. The molecular formula is C42H34. The molecule has 0 fully saturated rings. The molecule has 7 rings (SSSR count). The summed E-state index contributed by atoms with van der Waals surface area (Å²) in [6.07, 6.45) is 0. The topological polar surface area (TPSA) is 0 Å². The fourth-order valence-electron chi connectivity index (χ4n) is 6.21. The van der Waals surface area contributed by atoms with Crippen molar-refractivity contribution in [2.24, 2.45) is 0 Å². The molecule has 0 radical (unpaired) electrons. The van der Waals surface area contributed by atoms with E-state index < -0.39 is 0 Å². The molecule has 0 unspecified atom stereocenters. The van der Waals surface area contributed by atoms with Crippen LogP contribution in [-0.4, -0.2) is 0 Å². The van der Waals surface area contributed by atoms with Crippen molar-refractivity contribution in [2.75, 3.05) is 0 Å². The summed E-state index contributed by atoms with van der Waals surface area (Å²) in [6.45, 7) is 8.79. The van der Waals surface area contributed by atoms with Crippen molar-refractivity contribution in [3.8, 4) is 44.5 Å². The van der Waals surface area contributed by atoms with Crippen LogP contribution in [0.2, 0.25) is 0 Å². The predicted octanol–water partition coefficient (Wildman–Crippen LogP) is 11.9. The molecule has 0 atom stereocenters. The van der Waals surface area contributed by atoms with Gasteiger partial charge < -0.3 is 0 Å². The number of fused-ring (bicyclic) bond motifs is 2. The third-order valence-electron chi connectivity index (χ3n) is 8.86. The van der Waals surface area contributed by atoms with Gasteiger partial charge in [-0.1, -0.05) is 132 Å². The molecule has 7 aromatic rings. The van der Waals surface area contributed by atoms with Crippen molar-refractivity contribution in [3.05, 3.63) is 156 Å². The van der Waals surface area contributed by atoms with Crippen LogP contribution in [0.1, 0.15) is 22.3 Å². The summed E-state index contributed by atoms with van der Waals surface area (Å²) >= 11 is 0. The number of hydrogen-bond donors (Lipinski definition) is 0. The Hall–Kier alpha value is -4.94. The van der Waals surface area contributed by atoms with E-state index in [2.05, 4.69) is 161 Å². The smallest absolute Gasteiger partial charge is 0.0139 e. The van der Waals surface area contributed by atoms with Gasteiger partial charge in [-0.3, -0.25) is 0 Å². The summed E-state index contributed by atoms with van der Waals surface area (Å²) in [5.74, 6) is 0. The number of benzene rings is 7. The average molecular weight is 539 g/mol. The first-order valence-electron chi connectivity index (χ1n) is 14.8. The maximum Gasteiger partial charge on any atom is -0.0139 e. The molecule has 0 nitrogen and oxygen atoms in total. The van der Waals surface area contributed by atoms with Crippen molar-refractivity contribution in [2.45, 2.75) is 27.7 Å². The van der Waals surface area contributed by atoms with Crippen LogP contribution in [0, 0.1) is 27.7 Å². The fraction of sp³-hybridized carbons (Fsp3) is 0.0952. The summed E-state index contributed by atoms with van der Waals surface area (Å²) in [6, 6.07) is 49.3. The van der Waals surface area contributed by atoms with Crippen LogP contribution in [0.15, 0.2) is 133 Å². The molecule has 0 heterocycles. The van der Waals surface area contributed by atoms with Gasteiger partial charge in [0.15, 0.2) is 0 Å². The summed E-state index contributed by atoms with van der Waals surface area (Å²) in [5, 5.41) is 5.31. The number of rotatable bonds is 4. The van der Waals surface area contributed by atoms with E-state index in [9.17, 15) is 0 Å². The van der Waals surface area contributed by atoms with Crippen molar-refractivity contribution < 1.29 is 0 Å². The molecule has 0 saturated carbocycles. The lowest BCUT2D eigenvalue weighted by atomic mass is 9.89. The zero-order valence-electron chi connectivity index (χ0n) is 24.7. The van der Waals surface area contributed by atoms with E-state index in [-0.39, 0.29) is 0 Å². The fourth-order valence-corrected chi connectivity index (χ4v) is 6.21. The third kappa shape index (κ3) is 4.70. The van der Waals surface area contributed by atoms with Gasteiger partial charge in [0.2, 0.25) is 0 Å². The second-order valence-corrected chi connectivity index (χ2v) is 11.7. The van der Waals surface area contributed by atoms with E-state index in [0.29, 0.717) is 0 Å².